The highest BCUT2D eigenvalue weighted by atomic mass is 127. The number of hydrogen-bond acceptors (Lipinski definition) is 16. The van der Waals surface area contributed by atoms with E-state index in [2.05, 4.69) is 77.5 Å². The van der Waals surface area contributed by atoms with Gasteiger partial charge in [0.15, 0.2) is 11.3 Å². The zero-order valence-electron chi connectivity index (χ0n) is 35.3. The van der Waals surface area contributed by atoms with Gasteiger partial charge in [-0.2, -0.15) is 10.2 Å². The molecule has 0 unspecified atom stereocenters. The summed E-state index contributed by atoms with van der Waals surface area (Å²) in [6.07, 6.45) is 8.07. The van der Waals surface area contributed by atoms with Gasteiger partial charge in [-0.25, -0.2) is 39.3 Å². The number of aromatic nitrogens is 10. The zero-order chi connectivity index (χ0) is 44.2. The van der Waals surface area contributed by atoms with Gasteiger partial charge in [-0.1, -0.05) is 32.0 Å². The first-order chi connectivity index (χ1) is 30.9. The normalized spacial score (nSPS) is 17.2. The first-order valence-corrected chi connectivity index (χ1v) is 22.2. The molecule has 0 atom stereocenters. The lowest BCUT2D eigenvalue weighted by atomic mass is 9.80. The number of benzene rings is 2. The fourth-order valence-corrected chi connectivity index (χ4v) is 8.41. The summed E-state index contributed by atoms with van der Waals surface area (Å²) in [5.74, 6) is 2.24. The molecule has 2 saturated heterocycles. The fourth-order valence-electron chi connectivity index (χ4n) is 7.63. The molecule has 6 aromatic heterocycles. The third-order valence-corrected chi connectivity index (χ3v) is 12.2. The van der Waals surface area contributed by atoms with Crippen LogP contribution in [0.15, 0.2) is 73.3 Å². The summed E-state index contributed by atoms with van der Waals surface area (Å²) in [4.78, 5) is 25.9. The first kappa shape index (κ1) is 42.2. The maximum Gasteiger partial charge on any atom is 0.488 e. The minimum atomic E-state index is -1.44. The first-order valence-electron chi connectivity index (χ1n) is 21.2. The van der Waals surface area contributed by atoms with Gasteiger partial charge in [-0.15, -0.1) is 0 Å². The van der Waals surface area contributed by atoms with Gasteiger partial charge in [0, 0.05) is 39.3 Å². The molecule has 2 aliphatic heterocycles. The summed E-state index contributed by atoms with van der Waals surface area (Å²) < 4.78 is 26.8. The van der Waals surface area contributed by atoms with E-state index in [9.17, 15) is 0 Å². The molecule has 20 heteroatoms. The van der Waals surface area contributed by atoms with Crippen molar-refractivity contribution in [2.75, 3.05) is 37.9 Å². The van der Waals surface area contributed by atoms with Crippen LogP contribution in [-0.4, -0.2) is 105 Å². The van der Waals surface area contributed by atoms with Crippen LogP contribution in [0.5, 0.6) is 11.8 Å². The van der Waals surface area contributed by atoms with Crippen molar-refractivity contribution in [1.29, 1.82) is 0 Å². The molecular formula is C44H46BIN12O6. The predicted octanol–water partition coefficient (Wildman–Crippen LogP) is 4.71. The summed E-state index contributed by atoms with van der Waals surface area (Å²) in [6.45, 7) is 8.86. The van der Waals surface area contributed by atoms with Crippen LogP contribution >= 0.6 is 22.6 Å². The third-order valence-electron chi connectivity index (χ3n) is 11.5. The minimum absolute atomic E-state index is 0.0567. The number of nitrogens with two attached hydrogens (primary N) is 2. The molecule has 0 radical (unpaired) electrons. The topological polar surface area (TPSA) is 242 Å². The molecule has 0 bridgehead atoms. The average Bonchev–Trinajstić information content (AvgIpc) is 4.20. The molecule has 6 N–H and O–H groups in total. The van der Waals surface area contributed by atoms with E-state index in [0.717, 1.165) is 124 Å². The van der Waals surface area contributed by atoms with Crippen LogP contribution in [0.2, 0.25) is 0 Å². The smallest absolute Gasteiger partial charge is 0.474 e. The monoisotopic (exact) mass is 976 g/mol. The van der Waals surface area contributed by atoms with Gasteiger partial charge in [-0.3, -0.25) is 0 Å². The molecule has 64 heavy (non-hydrogen) atoms. The fraction of sp³-hybridized carbons (Fsp3) is 0.364. The second-order valence-electron chi connectivity index (χ2n) is 17.6. The highest BCUT2D eigenvalue weighted by molar-refractivity contribution is 14.1. The molecule has 0 amide bonds. The van der Waals surface area contributed by atoms with Gasteiger partial charge in [0.2, 0.25) is 11.8 Å². The van der Waals surface area contributed by atoms with Crippen LogP contribution in [0.1, 0.15) is 39.5 Å². The molecule has 8 aromatic rings. The standard InChI is InChI=1S/C22H22N6O2.C12H12BNO3.C10H12IN5O/c1-22(10-29-11-22)9-28-21-18(20(23)24-12-25-21)19(27-28)14-2-6-16-13(8-14)3-7-17(26-16)30-15-4-5-15;15-13(16)9-2-5-11-8(7-9)1-6-12(14-11)17-10-3-4-10;1-10(3-17-4-10)2-16-9-6(7(11)15-16)8(12)13-5-14-9/h2-3,6-8,12,15H,4-5,9-11H2,1H3,(H2,23,24,25);1-2,5-7,10,15-16H,3-4H2;5H,2-4H2,1H3,(H2,12,13,14). The highest BCUT2D eigenvalue weighted by Gasteiger charge is 2.36. The van der Waals surface area contributed by atoms with Crippen molar-refractivity contribution in [3.05, 3.63) is 77.0 Å². The van der Waals surface area contributed by atoms with Crippen molar-refractivity contribution >= 4 is 90.7 Å². The van der Waals surface area contributed by atoms with Crippen LogP contribution in [0.4, 0.5) is 11.6 Å². The van der Waals surface area contributed by atoms with Crippen molar-refractivity contribution in [2.24, 2.45) is 10.8 Å². The lowest BCUT2D eigenvalue weighted by Crippen LogP contribution is -2.43. The Balaban J connectivity index is 0.000000122. The maximum atomic E-state index is 9.08. The Morgan fingerprint density at radius 1 is 0.688 bits per heavy atom. The average molecular weight is 977 g/mol. The molecule has 2 aromatic carbocycles. The number of halogens is 1. The van der Waals surface area contributed by atoms with Crippen LogP contribution in [0.3, 0.4) is 0 Å². The van der Waals surface area contributed by atoms with Crippen molar-refractivity contribution in [3.8, 4) is 23.0 Å². The van der Waals surface area contributed by atoms with E-state index in [1.807, 2.05) is 45.8 Å². The Bertz CT molecular complexity index is 3020. The molecule has 2 aliphatic carbocycles. The van der Waals surface area contributed by atoms with E-state index >= 15 is 0 Å². The molecule has 18 nitrogen and oxygen atoms in total. The van der Waals surface area contributed by atoms with E-state index < -0.39 is 7.12 Å². The second-order valence-corrected chi connectivity index (χ2v) is 18.7. The van der Waals surface area contributed by atoms with Crippen LogP contribution in [0.25, 0.3) is 55.1 Å². The van der Waals surface area contributed by atoms with Gasteiger partial charge in [0.25, 0.3) is 0 Å². The predicted molar refractivity (Wildman–Crippen MR) is 250 cm³/mol. The second kappa shape index (κ2) is 17.0. The van der Waals surface area contributed by atoms with Gasteiger partial charge >= 0.3 is 7.12 Å². The van der Waals surface area contributed by atoms with Crippen molar-refractivity contribution in [2.45, 2.75) is 64.8 Å². The Morgan fingerprint density at radius 3 is 1.73 bits per heavy atom. The number of ether oxygens (including phenoxy) is 4. The van der Waals surface area contributed by atoms with Crippen LogP contribution in [-0.2, 0) is 22.6 Å². The zero-order valence-corrected chi connectivity index (χ0v) is 37.4. The van der Waals surface area contributed by atoms with Crippen molar-refractivity contribution in [3.63, 3.8) is 0 Å². The van der Waals surface area contributed by atoms with Crippen molar-refractivity contribution < 1.29 is 29.0 Å². The molecule has 0 spiro atoms. The molecule has 2 saturated carbocycles. The molecule has 8 heterocycles. The van der Waals surface area contributed by atoms with Crippen LogP contribution < -0.4 is 26.4 Å². The lowest BCUT2D eigenvalue weighted by molar-refractivity contribution is -0.111. The van der Waals surface area contributed by atoms with Gasteiger partial charge < -0.3 is 40.5 Å². The summed E-state index contributed by atoms with van der Waals surface area (Å²) >= 11 is 2.16. The van der Waals surface area contributed by atoms with Gasteiger partial charge in [0.1, 0.15) is 45.9 Å². The Morgan fingerprint density at radius 2 is 1.20 bits per heavy atom. The molecular weight excluding hydrogens is 930 g/mol. The van der Waals surface area contributed by atoms with E-state index in [0.29, 0.717) is 41.1 Å². The van der Waals surface area contributed by atoms with E-state index in [4.69, 9.17) is 45.6 Å². The Kier molecular flexibility index (Phi) is 11.2. The minimum Gasteiger partial charge on any atom is -0.474 e. The Labute approximate surface area is 381 Å². The summed E-state index contributed by atoms with van der Waals surface area (Å²) in [7, 11) is -1.44. The number of anilines is 2. The summed E-state index contributed by atoms with van der Waals surface area (Å²) in [6, 6.07) is 18.9. The summed E-state index contributed by atoms with van der Waals surface area (Å²) in [5, 5.41) is 31.0. The van der Waals surface area contributed by atoms with Crippen LogP contribution in [0, 0.1) is 14.5 Å². The largest absolute Gasteiger partial charge is 0.488 e. The number of rotatable bonds is 10. The van der Waals surface area contributed by atoms with E-state index in [1.165, 1.54) is 12.7 Å². The number of fused-ring (bicyclic) bond motifs is 4. The van der Waals surface area contributed by atoms with Crippen molar-refractivity contribution in [1.82, 2.24) is 49.5 Å². The SMILES string of the molecule is CC1(Cn2nc(-c3ccc4nc(OC5CC5)ccc4c3)c3c(N)ncnc32)COC1.CC1(Cn2nc(I)c3c(N)ncnc32)COC1.OB(O)c1ccc2nc(OC3CC3)ccc2c1. The van der Waals surface area contributed by atoms with E-state index in [-0.39, 0.29) is 10.8 Å². The molecule has 328 valence electrons. The molecule has 4 aliphatic rings. The molecule has 12 rings (SSSR count). The van der Waals surface area contributed by atoms with E-state index in [1.54, 1.807) is 18.2 Å². The third kappa shape index (κ3) is 8.96. The highest BCUT2D eigenvalue weighted by Crippen LogP contribution is 2.36. The number of pyridine rings is 2. The van der Waals surface area contributed by atoms with Gasteiger partial charge in [-0.05, 0) is 84.1 Å². The lowest BCUT2D eigenvalue weighted by Gasteiger charge is -2.37. The molecule has 4 fully saturated rings. The number of nitrogens with zero attached hydrogens (tertiary/aromatic N) is 10. The summed E-state index contributed by atoms with van der Waals surface area (Å²) in [5.41, 5.74) is 17.8. The number of nitrogen functional groups attached to an aromatic ring is 2. The van der Waals surface area contributed by atoms with Gasteiger partial charge in [0.05, 0.1) is 61.3 Å². The Hall–Kier alpha value is -5.81. The quantitative estimate of drug-likeness (QED) is 0.107. The number of hydrogen-bond donors (Lipinski definition) is 4. The maximum absolute atomic E-state index is 9.08.